The first-order chi connectivity index (χ1) is 16.2. The van der Waals surface area contributed by atoms with Crippen molar-refractivity contribution in [2.45, 2.75) is 25.0 Å². The fraction of sp³-hybridized carbons (Fsp3) is 0.120. The van der Waals surface area contributed by atoms with E-state index in [4.69, 9.17) is 20.8 Å². The standard InChI is InChI=1S/C25H20ClNO6S/c1-16-7-9-20-19(13-24(28)33-22(20)11-16)15-32-25(29)18-8-10-21(26)23(12-18)34(30,31)27-14-17-5-3-2-4-6-17/h2-13,27H,14-15H2,1H3. The van der Waals surface area contributed by atoms with Crippen LogP contribution in [0.2, 0.25) is 5.02 Å². The third kappa shape index (κ3) is 5.36. The number of sulfonamides is 1. The lowest BCUT2D eigenvalue weighted by atomic mass is 10.1. The topological polar surface area (TPSA) is 103 Å². The van der Waals surface area contributed by atoms with E-state index in [-0.39, 0.29) is 28.6 Å². The van der Waals surface area contributed by atoms with Crippen molar-refractivity contribution in [2.75, 3.05) is 0 Å². The largest absolute Gasteiger partial charge is 0.457 e. The maximum absolute atomic E-state index is 12.8. The second kappa shape index (κ2) is 9.80. The lowest BCUT2D eigenvalue weighted by Crippen LogP contribution is -2.24. The molecule has 0 atom stereocenters. The highest BCUT2D eigenvalue weighted by atomic mass is 35.5. The maximum Gasteiger partial charge on any atom is 0.338 e. The molecule has 0 saturated carbocycles. The molecule has 4 rings (SSSR count). The Balaban J connectivity index is 1.53. The van der Waals surface area contributed by atoms with Gasteiger partial charge in [-0.25, -0.2) is 22.7 Å². The molecule has 174 valence electrons. The second-order valence-corrected chi connectivity index (χ2v) is 9.76. The molecule has 1 aromatic heterocycles. The van der Waals surface area contributed by atoms with E-state index in [0.717, 1.165) is 11.1 Å². The first-order valence-electron chi connectivity index (χ1n) is 10.3. The van der Waals surface area contributed by atoms with Crippen molar-refractivity contribution < 1.29 is 22.4 Å². The van der Waals surface area contributed by atoms with Crippen molar-refractivity contribution in [3.8, 4) is 0 Å². The minimum Gasteiger partial charge on any atom is -0.457 e. The summed E-state index contributed by atoms with van der Waals surface area (Å²) >= 11 is 6.12. The van der Waals surface area contributed by atoms with Gasteiger partial charge >= 0.3 is 11.6 Å². The highest BCUT2D eigenvalue weighted by Gasteiger charge is 2.21. The Hall–Kier alpha value is -3.46. The average Bonchev–Trinajstić information content (AvgIpc) is 2.81. The summed E-state index contributed by atoms with van der Waals surface area (Å²) < 4.78 is 38.7. The molecule has 0 radical (unpaired) electrons. The van der Waals surface area contributed by atoms with E-state index in [9.17, 15) is 18.0 Å². The first-order valence-corrected chi connectivity index (χ1v) is 12.1. The zero-order valence-electron chi connectivity index (χ0n) is 18.1. The van der Waals surface area contributed by atoms with Crippen LogP contribution in [0.5, 0.6) is 0 Å². The van der Waals surface area contributed by atoms with Crippen molar-refractivity contribution in [3.05, 3.63) is 110 Å². The lowest BCUT2D eigenvalue weighted by Gasteiger charge is -2.11. The van der Waals surface area contributed by atoms with Crippen LogP contribution in [-0.2, 0) is 27.9 Å². The Bertz CT molecular complexity index is 1530. The molecule has 0 aliphatic carbocycles. The van der Waals surface area contributed by atoms with Crippen molar-refractivity contribution in [1.82, 2.24) is 4.72 Å². The van der Waals surface area contributed by atoms with Crippen molar-refractivity contribution in [1.29, 1.82) is 0 Å². The van der Waals surface area contributed by atoms with Gasteiger partial charge in [-0.05, 0) is 42.3 Å². The van der Waals surface area contributed by atoms with Crippen LogP contribution in [0.3, 0.4) is 0 Å². The maximum atomic E-state index is 12.8. The normalized spacial score (nSPS) is 11.5. The second-order valence-electron chi connectivity index (χ2n) is 7.62. The molecule has 9 heteroatoms. The van der Waals surface area contributed by atoms with Crippen LogP contribution in [0.15, 0.2) is 86.9 Å². The summed E-state index contributed by atoms with van der Waals surface area (Å²) in [6.45, 7) is 1.74. The summed E-state index contributed by atoms with van der Waals surface area (Å²) in [5.41, 5.74) is 2.00. The number of nitrogens with one attached hydrogen (secondary N) is 1. The van der Waals surface area contributed by atoms with Crippen LogP contribution in [0.1, 0.15) is 27.0 Å². The molecule has 34 heavy (non-hydrogen) atoms. The number of fused-ring (bicyclic) bond motifs is 1. The van der Waals surface area contributed by atoms with Crippen LogP contribution in [0, 0.1) is 6.92 Å². The molecular weight excluding hydrogens is 478 g/mol. The molecule has 1 N–H and O–H groups in total. The monoisotopic (exact) mass is 497 g/mol. The van der Waals surface area contributed by atoms with E-state index in [1.807, 2.05) is 19.1 Å². The SMILES string of the molecule is Cc1ccc2c(COC(=O)c3ccc(Cl)c(S(=O)(=O)NCc4ccccc4)c3)cc(=O)oc2c1. The van der Waals surface area contributed by atoms with Gasteiger partial charge in [0, 0.05) is 23.6 Å². The summed E-state index contributed by atoms with van der Waals surface area (Å²) in [5.74, 6) is -0.760. The number of carbonyl (C=O) groups excluding carboxylic acids is 1. The molecule has 0 unspecified atom stereocenters. The summed E-state index contributed by atoms with van der Waals surface area (Å²) in [6, 6.07) is 19.5. The Morgan fingerprint density at radius 2 is 1.79 bits per heavy atom. The molecule has 0 bridgehead atoms. The third-order valence-corrected chi connectivity index (χ3v) is 6.99. The first kappa shape index (κ1) is 23.7. The van der Waals surface area contributed by atoms with E-state index < -0.39 is 21.6 Å². The number of aryl methyl sites for hydroxylation is 1. The van der Waals surface area contributed by atoms with Gasteiger partial charge in [0.25, 0.3) is 0 Å². The molecule has 0 saturated heterocycles. The number of rotatable bonds is 7. The predicted molar refractivity (Wildman–Crippen MR) is 128 cm³/mol. The van der Waals surface area contributed by atoms with Crippen molar-refractivity contribution >= 4 is 38.6 Å². The number of hydrogen-bond donors (Lipinski definition) is 1. The van der Waals surface area contributed by atoms with Gasteiger partial charge < -0.3 is 9.15 Å². The Kier molecular flexibility index (Phi) is 6.83. The fourth-order valence-electron chi connectivity index (χ4n) is 3.37. The van der Waals surface area contributed by atoms with E-state index in [0.29, 0.717) is 16.5 Å². The quantitative estimate of drug-likeness (QED) is 0.296. The van der Waals surface area contributed by atoms with Crippen LogP contribution >= 0.6 is 11.6 Å². The van der Waals surface area contributed by atoms with E-state index in [1.54, 1.807) is 36.4 Å². The van der Waals surface area contributed by atoms with Gasteiger partial charge in [-0.3, -0.25) is 0 Å². The zero-order chi connectivity index (χ0) is 24.3. The van der Waals surface area contributed by atoms with Crippen LogP contribution in [-0.4, -0.2) is 14.4 Å². The smallest absolute Gasteiger partial charge is 0.338 e. The molecule has 7 nitrogen and oxygen atoms in total. The number of benzene rings is 3. The van der Waals surface area contributed by atoms with E-state index in [1.165, 1.54) is 24.3 Å². The lowest BCUT2D eigenvalue weighted by molar-refractivity contribution is 0.0473. The van der Waals surface area contributed by atoms with E-state index >= 15 is 0 Å². The molecule has 3 aromatic carbocycles. The Morgan fingerprint density at radius 3 is 2.56 bits per heavy atom. The third-order valence-electron chi connectivity index (χ3n) is 5.11. The fourth-order valence-corrected chi connectivity index (χ4v) is 4.91. The van der Waals surface area contributed by atoms with Gasteiger partial charge in [-0.15, -0.1) is 0 Å². The van der Waals surface area contributed by atoms with Gasteiger partial charge in [0.1, 0.15) is 17.1 Å². The van der Waals surface area contributed by atoms with Crippen LogP contribution in [0.25, 0.3) is 11.0 Å². The Labute approximate surface area is 201 Å². The van der Waals surface area contributed by atoms with Gasteiger partial charge in [0.05, 0.1) is 10.6 Å². The van der Waals surface area contributed by atoms with Gasteiger partial charge in [-0.1, -0.05) is 54.1 Å². The van der Waals surface area contributed by atoms with Crippen molar-refractivity contribution in [2.24, 2.45) is 0 Å². The summed E-state index contributed by atoms with van der Waals surface area (Å²) in [7, 11) is -3.99. The van der Waals surface area contributed by atoms with Crippen LogP contribution in [0.4, 0.5) is 0 Å². The number of carbonyl (C=O) groups is 1. The average molecular weight is 498 g/mol. The molecule has 1 heterocycles. The Morgan fingerprint density at radius 1 is 1.03 bits per heavy atom. The molecule has 0 spiro atoms. The van der Waals surface area contributed by atoms with E-state index in [2.05, 4.69) is 4.72 Å². The zero-order valence-corrected chi connectivity index (χ0v) is 19.7. The number of hydrogen-bond acceptors (Lipinski definition) is 6. The molecule has 4 aromatic rings. The highest BCUT2D eigenvalue weighted by Crippen LogP contribution is 2.24. The molecule has 0 fully saturated rings. The minimum atomic E-state index is -3.99. The van der Waals surface area contributed by atoms with Gasteiger partial charge in [-0.2, -0.15) is 0 Å². The van der Waals surface area contributed by atoms with Gasteiger partial charge in [0.2, 0.25) is 10.0 Å². The molecular formula is C25H20ClNO6S. The van der Waals surface area contributed by atoms with Crippen LogP contribution < -0.4 is 10.3 Å². The van der Waals surface area contributed by atoms with Crippen molar-refractivity contribution in [3.63, 3.8) is 0 Å². The summed E-state index contributed by atoms with van der Waals surface area (Å²) in [4.78, 5) is 24.3. The van der Waals surface area contributed by atoms with Gasteiger partial charge in [0.15, 0.2) is 0 Å². The number of esters is 1. The molecule has 0 aliphatic heterocycles. The number of ether oxygens (including phenoxy) is 1. The molecule has 0 amide bonds. The molecule has 0 aliphatic rings. The highest BCUT2D eigenvalue weighted by molar-refractivity contribution is 7.89. The summed E-state index contributed by atoms with van der Waals surface area (Å²) in [5, 5.41) is 0.613. The predicted octanol–water partition coefficient (Wildman–Crippen LogP) is 4.59. The minimum absolute atomic E-state index is 0.00704. The number of halogens is 1. The summed E-state index contributed by atoms with van der Waals surface area (Å²) in [6.07, 6.45) is 0.